The molecular weight excluding hydrogens is 328 g/mol. The summed E-state index contributed by atoms with van der Waals surface area (Å²) in [7, 11) is 0. The molecule has 5 nitrogen and oxygen atoms in total. The van der Waals surface area contributed by atoms with Crippen LogP contribution in [0.5, 0.6) is 5.75 Å². The normalized spacial score (nSPS) is 10.8. The lowest BCUT2D eigenvalue weighted by Crippen LogP contribution is -2.10. The van der Waals surface area contributed by atoms with Crippen molar-refractivity contribution in [3.63, 3.8) is 0 Å². The summed E-state index contributed by atoms with van der Waals surface area (Å²) in [4.78, 5) is 16.9. The molecule has 2 N–H and O–H groups in total. The van der Waals surface area contributed by atoms with Crippen LogP contribution in [0.4, 0.5) is 11.4 Å². The van der Waals surface area contributed by atoms with Crippen molar-refractivity contribution in [1.29, 1.82) is 0 Å². The van der Waals surface area contributed by atoms with Crippen molar-refractivity contribution in [2.24, 2.45) is 0 Å². The van der Waals surface area contributed by atoms with E-state index in [1.165, 1.54) is 6.20 Å². The van der Waals surface area contributed by atoms with Crippen molar-refractivity contribution in [2.75, 3.05) is 11.9 Å². The van der Waals surface area contributed by atoms with Crippen LogP contribution in [-0.4, -0.2) is 22.7 Å². The van der Waals surface area contributed by atoms with Crippen molar-refractivity contribution in [1.82, 2.24) is 4.98 Å². The van der Waals surface area contributed by atoms with Crippen LogP contribution < -0.4 is 5.32 Å². The molecule has 0 saturated carbocycles. The molecule has 0 amide bonds. The van der Waals surface area contributed by atoms with Gasteiger partial charge in [0.2, 0.25) is 0 Å². The Hall–Kier alpha value is -3.08. The Morgan fingerprint density at radius 3 is 2.69 bits per heavy atom. The van der Waals surface area contributed by atoms with E-state index in [2.05, 4.69) is 10.3 Å². The molecule has 0 bridgehead atoms. The van der Waals surface area contributed by atoms with Crippen LogP contribution in [0.15, 0.2) is 36.5 Å². The monoisotopic (exact) mass is 350 g/mol. The first-order valence-electron chi connectivity index (χ1n) is 8.55. The Bertz CT molecular complexity index is 996. The number of phenols is 1. The number of ether oxygens (including phenoxy) is 1. The molecule has 0 spiro atoms. The summed E-state index contributed by atoms with van der Waals surface area (Å²) in [5, 5.41) is 14.2. The number of hydrogen-bond acceptors (Lipinski definition) is 5. The van der Waals surface area contributed by atoms with Crippen molar-refractivity contribution in [3.05, 3.63) is 58.8 Å². The molecule has 0 saturated heterocycles. The number of esters is 1. The van der Waals surface area contributed by atoms with Crippen LogP contribution in [0, 0.1) is 20.8 Å². The number of hydrogen-bond donors (Lipinski definition) is 2. The number of rotatable bonds is 4. The van der Waals surface area contributed by atoms with E-state index in [1.54, 1.807) is 13.0 Å². The van der Waals surface area contributed by atoms with Gasteiger partial charge in [0.05, 0.1) is 23.5 Å². The molecule has 0 fully saturated rings. The Morgan fingerprint density at radius 2 is 1.96 bits per heavy atom. The van der Waals surface area contributed by atoms with Gasteiger partial charge < -0.3 is 15.2 Å². The van der Waals surface area contributed by atoms with Gasteiger partial charge in [-0.05, 0) is 56.5 Å². The first-order valence-corrected chi connectivity index (χ1v) is 8.55. The molecule has 134 valence electrons. The number of carbonyl (C=O) groups is 1. The standard InChI is InChI=1S/C21H22N2O3/c1-5-26-21(25)16-11-22-19-14(4)13(3)7-8-15(19)20(16)23-17-10-12(2)6-9-18(17)24/h6-11,24H,5H2,1-4H3,(H,22,23). The van der Waals surface area contributed by atoms with Gasteiger partial charge in [-0.2, -0.15) is 0 Å². The number of carbonyl (C=O) groups excluding carboxylic acids is 1. The van der Waals surface area contributed by atoms with E-state index < -0.39 is 5.97 Å². The minimum absolute atomic E-state index is 0.110. The molecular formula is C21H22N2O3. The summed E-state index contributed by atoms with van der Waals surface area (Å²) in [6.07, 6.45) is 1.53. The number of phenolic OH excluding ortho intramolecular Hbond substituents is 1. The molecule has 2 aromatic carbocycles. The Kier molecular flexibility index (Phi) is 4.80. The SMILES string of the molecule is CCOC(=O)c1cnc2c(C)c(C)ccc2c1Nc1cc(C)ccc1O. The number of benzene rings is 2. The van der Waals surface area contributed by atoms with Crippen LogP contribution in [0.3, 0.4) is 0 Å². The third-order valence-corrected chi connectivity index (χ3v) is 4.47. The lowest BCUT2D eigenvalue weighted by atomic mass is 10.0. The summed E-state index contributed by atoms with van der Waals surface area (Å²) in [5.74, 6) is -0.339. The van der Waals surface area contributed by atoms with E-state index in [0.29, 0.717) is 16.9 Å². The number of nitrogens with one attached hydrogen (secondary N) is 1. The molecule has 5 heteroatoms. The van der Waals surface area contributed by atoms with Gasteiger partial charge in [-0.3, -0.25) is 4.98 Å². The molecule has 1 aromatic heterocycles. The number of nitrogens with zero attached hydrogens (tertiary/aromatic N) is 1. The average molecular weight is 350 g/mol. The van der Waals surface area contributed by atoms with Gasteiger partial charge in [0.25, 0.3) is 0 Å². The van der Waals surface area contributed by atoms with E-state index >= 15 is 0 Å². The molecule has 0 unspecified atom stereocenters. The minimum Gasteiger partial charge on any atom is -0.506 e. The fourth-order valence-electron chi connectivity index (χ4n) is 2.89. The van der Waals surface area contributed by atoms with Crippen LogP contribution in [0.2, 0.25) is 0 Å². The van der Waals surface area contributed by atoms with Gasteiger partial charge in [-0.1, -0.05) is 18.2 Å². The van der Waals surface area contributed by atoms with Gasteiger partial charge in [0.1, 0.15) is 11.3 Å². The number of aromatic nitrogens is 1. The van der Waals surface area contributed by atoms with Crippen LogP contribution in [0.25, 0.3) is 10.9 Å². The van der Waals surface area contributed by atoms with Crippen molar-refractivity contribution in [3.8, 4) is 5.75 Å². The third kappa shape index (κ3) is 3.20. The van der Waals surface area contributed by atoms with Crippen molar-refractivity contribution < 1.29 is 14.6 Å². The Labute approximate surface area is 152 Å². The average Bonchev–Trinajstić information content (AvgIpc) is 2.61. The van der Waals surface area contributed by atoms with E-state index in [0.717, 1.165) is 27.6 Å². The first-order chi connectivity index (χ1) is 12.4. The second kappa shape index (κ2) is 7.04. The lowest BCUT2D eigenvalue weighted by Gasteiger charge is -2.16. The second-order valence-electron chi connectivity index (χ2n) is 6.32. The topological polar surface area (TPSA) is 71.5 Å². The van der Waals surface area contributed by atoms with Gasteiger partial charge in [0.15, 0.2) is 0 Å². The van der Waals surface area contributed by atoms with E-state index in [9.17, 15) is 9.90 Å². The number of pyridine rings is 1. The summed E-state index contributed by atoms with van der Waals surface area (Å²) >= 11 is 0. The molecule has 3 rings (SSSR count). The number of anilines is 2. The minimum atomic E-state index is -0.449. The maximum atomic E-state index is 12.4. The highest BCUT2D eigenvalue weighted by Crippen LogP contribution is 2.35. The summed E-state index contributed by atoms with van der Waals surface area (Å²) in [6.45, 7) is 8.01. The van der Waals surface area contributed by atoms with Crippen LogP contribution in [-0.2, 0) is 4.74 Å². The van der Waals surface area contributed by atoms with Crippen molar-refractivity contribution in [2.45, 2.75) is 27.7 Å². The van der Waals surface area contributed by atoms with E-state index in [4.69, 9.17) is 4.74 Å². The molecule has 26 heavy (non-hydrogen) atoms. The predicted octanol–water partition coefficient (Wildman–Crippen LogP) is 4.79. The Balaban J connectivity index is 2.24. The molecule has 3 aromatic rings. The van der Waals surface area contributed by atoms with Crippen LogP contribution >= 0.6 is 0 Å². The zero-order chi connectivity index (χ0) is 18.8. The largest absolute Gasteiger partial charge is 0.506 e. The zero-order valence-corrected chi connectivity index (χ0v) is 15.4. The molecule has 0 aliphatic heterocycles. The molecule has 0 atom stereocenters. The number of fused-ring (bicyclic) bond motifs is 1. The number of aryl methyl sites for hydroxylation is 3. The quantitative estimate of drug-likeness (QED) is 0.523. The molecule has 1 heterocycles. The predicted molar refractivity (Wildman–Crippen MR) is 103 cm³/mol. The fourth-order valence-corrected chi connectivity index (χ4v) is 2.89. The van der Waals surface area contributed by atoms with Gasteiger partial charge in [-0.15, -0.1) is 0 Å². The smallest absolute Gasteiger partial charge is 0.341 e. The first kappa shape index (κ1) is 17.7. The summed E-state index contributed by atoms with van der Waals surface area (Å²) in [5.41, 5.74) is 5.43. The third-order valence-electron chi connectivity index (χ3n) is 4.47. The van der Waals surface area contributed by atoms with E-state index in [1.807, 2.05) is 45.0 Å². The highest BCUT2D eigenvalue weighted by Gasteiger charge is 2.19. The second-order valence-corrected chi connectivity index (χ2v) is 6.32. The Morgan fingerprint density at radius 1 is 1.19 bits per heavy atom. The van der Waals surface area contributed by atoms with Gasteiger partial charge in [0, 0.05) is 11.6 Å². The molecule has 0 radical (unpaired) electrons. The summed E-state index contributed by atoms with van der Waals surface area (Å²) in [6, 6.07) is 9.21. The molecule has 0 aliphatic rings. The van der Waals surface area contributed by atoms with E-state index in [-0.39, 0.29) is 12.4 Å². The lowest BCUT2D eigenvalue weighted by molar-refractivity contribution is 0.0527. The maximum absolute atomic E-state index is 12.4. The highest BCUT2D eigenvalue weighted by molar-refractivity contribution is 6.07. The fraction of sp³-hybridized carbons (Fsp3) is 0.238. The number of aromatic hydroxyl groups is 1. The maximum Gasteiger partial charge on any atom is 0.341 e. The zero-order valence-electron chi connectivity index (χ0n) is 15.4. The highest BCUT2D eigenvalue weighted by atomic mass is 16.5. The summed E-state index contributed by atoms with van der Waals surface area (Å²) < 4.78 is 5.18. The van der Waals surface area contributed by atoms with Gasteiger partial charge in [-0.25, -0.2) is 4.79 Å². The van der Waals surface area contributed by atoms with Gasteiger partial charge >= 0.3 is 5.97 Å². The van der Waals surface area contributed by atoms with Crippen molar-refractivity contribution >= 4 is 28.2 Å². The molecule has 0 aliphatic carbocycles. The van der Waals surface area contributed by atoms with Crippen LogP contribution in [0.1, 0.15) is 34.0 Å².